The molecule has 1 unspecified atom stereocenters. The summed E-state index contributed by atoms with van der Waals surface area (Å²) in [6.07, 6.45) is 6.16. The lowest BCUT2D eigenvalue weighted by molar-refractivity contribution is -0.124. The van der Waals surface area contributed by atoms with Crippen molar-refractivity contribution in [3.05, 3.63) is 24.3 Å². The molecule has 1 saturated carbocycles. The molecule has 0 aromatic heterocycles. The fourth-order valence-corrected chi connectivity index (χ4v) is 3.36. The standard InChI is InChI=1S/C19H30N2O3.ClH/c1-15(24-17-8-6-7-16(11-17)23-2)13-21-18(22)12-19(14-20)9-4-3-5-10-19;/h6-8,11,15H,3-5,9-10,12-14,20H2,1-2H3,(H,21,22);1H. The predicted octanol–water partition coefficient (Wildman–Crippen LogP) is 3.30. The van der Waals surface area contributed by atoms with E-state index in [0.717, 1.165) is 24.3 Å². The molecule has 1 atom stereocenters. The third-order valence-corrected chi connectivity index (χ3v) is 4.85. The van der Waals surface area contributed by atoms with Crippen molar-refractivity contribution in [3.8, 4) is 11.5 Å². The van der Waals surface area contributed by atoms with E-state index in [4.69, 9.17) is 15.2 Å². The number of hydrogen-bond donors (Lipinski definition) is 2. The molecule has 5 nitrogen and oxygen atoms in total. The minimum Gasteiger partial charge on any atom is -0.497 e. The van der Waals surface area contributed by atoms with Crippen LogP contribution in [0.25, 0.3) is 0 Å². The molecule has 2 rings (SSSR count). The number of nitrogens with one attached hydrogen (secondary N) is 1. The van der Waals surface area contributed by atoms with Gasteiger partial charge in [-0.05, 0) is 43.9 Å². The number of hydrogen-bond acceptors (Lipinski definition) is 4. The maximum atomic E-state index is 12.3. The smallest absolute Gasteiger partial charge is 0.220 e. The van der Waals surface area contributed by atoms with Gasteiger partial charge in [-0.1, -0.05) is 25.3 Å². The minimum atomic E-state index is -0.110. The normalized spacial score (nSPS) is 17.1. The summed E-state index contributed by atoms with van der Waals surface area (Å²) >= 11 is 0. The zero-order valence-corrected chi connectivity index (χ0v) is 16.1. The number of benzene rings is 1. The third kappa shape index (κ3) is 6.75. The Kier molecular flexibility index (Phi) is 9.08. The monoisotopic (exact) mass is 370 g/mol. The van der Waals surface area contributed by atoms with Gasteiger partial charge >= 0.3 is 0 Å². The quantitative estimate of drug-likeness (QED) is 0.736. The van der Waals surface area contributed by atoms with E-state index in [1.54, 1.807) is 7.11 Å². The van der Waals surface area contributed by atoms with Crippen LogP contribution in [0.2, 0.25) is 0 Å². The number of halogens is 1. The molecule has 1 aliphatic carbocycles. The largest absolute Gasteiger partial charge is 0.497 e. The lowest BCUT2D eigenvalue weighted by atomic mass is 9.71. The summed E-state index contributed by atoms with van der Waals surface area (Å²) < 4.78 is 11.0. The molecule has 1 fully saturated rings. The van der Waals surface area contributed by atoms with Crippen molar-refractivity contribution in [3.63, 3.8) is 0 Å². The van der Waals surface area contributed by atoms with Crippen LogP contribution in [-0.4, -0.2) is 32.2 Å². The van der Waals surface area contributed by atoms with Gasteiger partial charge in [-0.3, -0.25) is 4.79 Å². The Morgan fingerprint density at radius 2 is 1.96 bits per heavy atom. The molecule has 3 N–H and O–H groups in total. The van der Waals surface area contributed by atoms with Crippen LogP contribution in [-0.2, 0) is 4.79 Å². The molecule has 0 radical (unpaired) electrons. The van der Waals surface area contributed by atoms with Gasteiger partial charge in [-0.25, -0.2) is 0 Å². The van der Waals surface area contributed by atoms with E-state index in [-0.39, 0.29) is 29.8 Å². The molecule has 0 saturated heterocycles. The van der Waals surface area contributed by atoms with Crippen LogP contribution >= 0.6 is 12.4 Å². The van der Waals surface area contributed by atoms with Gasteiger partial charge in [-0.15, -0.1) is 12.4 Å². The summed E-state index contributed by atoms with van der Waals surface area (Å²) in [6.45, 7) is 3.02. The van der Waals surface area contributed by atoms with Crippen LogP contribution in [0.5, 0.6) is 11.5 Å². The van der Waals surface area contributed by atoms with Crippen LogP contribution in [0, 0.1) is 5.41 Å². The summed E-state index contributed by atoms with van der Waals surface area (Å²) in [4.78, 5) is 12.3. The zero-order valence-electron chi connectivity index (χ0n) is 15.3. The molecule has 142 valence electrons. The van der Waals surface area contributed by atoms with E-state index in [2.05, 4.69) is 5.32 Å². The first-order valence-corrected chi connectivity index (χ1v) is 8.84. The highest BCUT2D eigenvalue weighted by Gasteiger charge is 2.32. The number of nitrogens with two attached hydrogens (primary N) is 1. The Balaban J connectivity index is 0.00000312. The number of rotatable bonds is 8. The van der Waals surface area contributed by atoms with Crippen molar-refractivity contribution >= 4 is 18.3 Å². The number of ether oxygens (including phenoxy) is 2. The van der Waals surface area contributed by atoms with Gasteiger partial charge in [0.05, 0.1) is 13.7 Å². The number of carbonyl (C=O) groups is 1. The highest BCUT2D eigenvalue weighted by Crippen LogP contribution is 2.38. The van der Waals surface area contributed by atoms with Gasteiger partial charge in [-0.2, -0.15) is 0 Å². The van der Waals surface area contributed by atoms with E-state index >= 15 is 0 Å². The Morgan fingerprint density at radius 1 is 1.28 bits per heavy atom. The van der Waals surface area contributed by atoms with Gasteiger partial charge in [0.2, 0.25) is 5.91 Å². The number of amides is 1. The molecule has 1 aromatic rings. The summed E-state index contributed by atoms with van der Waals surface area (Å²) in [7, 11) is 1.63. The van der Waals surface area contributed by atoms with Crippen molar-refractivity contribution in [2.24, 2.45) is 11.1 Å². The maximum absolute atomic E-state index is 12.3. The van der Waals surface area contributed by atoms with Gasteiger partial charge in [0.1, 0.15) is 17.6 Å². The van der Waals surface area contributed by atoms with Gasteiger partial charge in [0.15, 0.2) is 0 Å². The third-order valence-electron chi connectivity index (χ3n) is 4.85. The highest BCUT2D eigenvalue weighted by atomic mass is 35.5. The summed E-state index contributed by atoms with van der Waals surface area (Å²) in [6, 6.07) is 7.47. The van der Waals surface area contributed by atoms with Gasteiger partial charge in [0, 0.05) is 12.5 Å². The Labute approximate surface area is 157 Å². The molecule has 0 bridgehead atoms. The fraction of sp³-hybridized carbons (Fsp3) is 0.632. The molecular weight excluding hydrogens is 340 g/mol. The summed E-state index contributed by atoms with van der Waals surface area (Å²) in [5.41, 5.74) is 5.95. The Hall–Kier alpha value is -1.46. The molecule has 0 aliphatic heterocycles. The van der Waals surface area contributed by atoms with Gasteiger partial charge < -0.3 is 20.5 Å². The number of methoxy groups -OCH3 is 1. The summed E-state index contributed by atoms with van der Waals surface area (Å²) in [5.74, 6) is 1.57. The fourth-order valence-electron chi connectivity index (χ4n) is 3.36. The van der Waals surface area contributed by atoms with Crippen LogP contribution in [0.1, 0.15) is 45.4 Å². The van der Waals surface area contributed by atoms with Gasteiger partial charge in [0.25, 0.3) is 0 Å². The van der Waals surface area contributed by atoms with Crippen molar-refractivity contribution in [1.82, 2.24) is 5.32 Å². The molecule has 1 amide bonds. The van der Waals surface area contributed by atoms with E-state index in [0.29, 0.717) is 19.5 Å². The average Bonchev–Trinajstić information content (AvgIpc) is 2.61. The van der Waals surface area contributed by atoms with Crippen LogP contribution < -0.4 is 20.5 Å². The van der Waals surface area contributed by atoms with E-state index in [1.807, 2.05) is 31.2 Å². The lowest BCUT2D eigenvalue weighted by Gasteiger charge is -2.35. The molecule has 0 spiro atoms. The van der Waals surface area contributed by atoms with Crippen LogP contribution in [0.15, 0.2) is 24.3 Å². The Bertz CT molecular complexity index is 533. The average molecular weight is 371 g/mol. The second-order valence-corrected chi connectivity index (χ2v) is 6.85. The Morgan fingerprint density at radius 3 is 2.60 bits per heavy atom. The summed E-state index contributed by atoms with van der Waals surface area (Å²) in [5, 5.41) is 2.99. The SMILES string of the molecule is COc1cccc(OC(C)CNC(=O)CC2(CN)CCCCC2)c1.Cl. The van der Waals surface area contributed by atoms with Crippen LogP contribution in [0.4, 0.5) is 0 Å². The maximum Gasteiger partial charge on any atom is 0.220 e. The van der Waals surface area contributed by atoms with Crippen LogP contribution in [0.3, 0.4) is 0 Å². The zero-order chi connectivity index (χ0) is 17.4. The van der Waals surface area contributed by atoms with E-state index < -0.39 is 0 Å². The molecule has 25 heavy (non-hydrogen) atoms. The molecule has 1 aromatic carbocycles. The molecule has 0 heterocycles. The van der Waals surface area contributed by atoms with E-state index in [1.165, 1.54) is 19.3 Å². The van der Waals surface area contributed by atoms with Crippen molar-refractivity contribution in [2.45, 2.75) is 51.6 Å². The highest BCUT2D eigenvalue weighted by molar-refractivity contribution is 5.85. The first kappa shape index (κ1) is 21.6. The molecule has 1 aliphatic rings. The topological polar surface area (TPSA) is 73.6 Å². The lowest BCUT2D eigenvalue weighted by Crippen LogP contribution is -2.40. The van der Waals surface area contributed by atoms with Crippen molar-refractivity contribution in [2.75, 3.05) is 20.2 Å². The van der Waals surface area contributed by atoms with E-state index in [9.17, 15) is 4.79 Å². The van der Waals surface area contributed by atoms with Crippen molar-refractivity contribution < 1.29 is 14.3 Å². The first-order chi connectivity index (χ1) is 11.6. The first-order valence-electron chi connectivity index (χ1n) is 8.84. The minimum absolute atomic E-state index is 0. The van der Waals surface area contributed by atoms with Crippen molar-refractivity contribution in [1.29, 1.82) is 0 Å². The second kappa shape index (κ2) is 10.5. The second-order valence-electron chi connectivity index (χ2n) is 6.85. The molecule has 6 heteroatoms. The molecular formula is C19H31ClN2O3. The number of carbonyl (C=O) groups excluding carboxylic acids is 1. The predicted molar refractivity (Wildman–Crippen MR) is 103 cm³/mol.